The molecule has 3 heterocycles. The number of benzene rings is 2. The molecule has 1 aliphatic rings. The van der Waals surface area contributed by atoms with Gasteiger partial charge in [0.05, 0.1) is 28.7 Å². The lowest BCUT2D eigenvalue weighted by atomic mass is 10.0. The Bertz CT molecular complexity index is 1820. The molecule has 12 heteroatoms. The van der Waals surface area contributed by atoms with Crippen molar-refractivity contribution in [2.45, 2.75) is 65.0 Å². The highest BCUT2D eigenvalue weighted by atomic mass is 16.2. The number of para-hydroxylation sites is 1. The molecule has 5 rings (SSSR count). The zero-order chi connectivity index (χ0) is 31.9. The molecule has 2 aromatic carbocycles. The third kappa shape index (κ3) is 7.04. The molecular formula is C33H34N8O4. The van der Waals surface area contributed by atoms with Crippen molar-refractivity contribution < 1.29 is 19.2 Å². The first-order chi connectivity index (χ1) is 21.8. The van der Waals surface area contributed by atoms with Crippen LogP contribution < -0.4 is 16.0 Å². The fraction of sp³-hybridized carbons (Fsp3) is 0.333. The van der Waals surface area contributed by atoms with E-state index in [0.29, 0.717) is 35.1 Å². The SMILES string of the molecule is Cc1nn(CCCCCCNc2ccc(C(=O)NC3CCC(=O)NC3=O)c(C=O)c2)c(C)c1-c1cnc2cccc(C#N)c2n1. The largest absolute Gasteiger partial charge is 0.385 e. The lowest BCUT2D eigenvalue weighted by Crippen LogP contribution is -2.52. The predicted molar refractivity (Wildman–Crippen MR) is 167 cm³/mol. The molecule has 4 aromatic rings. The Labute approximate surface area is 260 Å². The average Bonchev–Trinajstić information content (AvgIpc) is 3.33. The summed E-state index contributed by atoms with van der Waals surface area (Å²) < 4.78 is 2.00. The van der Waals surface area contributed by atoms with Crippen molar-refractivity contribution in [3.05, 3.63) is 70.7 Å². The highest BCUT2D eigenvalue weighted by molar-refractivity contribution is 6.06. The molecule has 1 fully saturated rings. The van der Waals surface area contributed by atoms with E-state index in [0.717, 1.165) is 54.9 Å². The lowest BCUT2D eigenvalue weighted by molar-refractivity contribution is -0.134. The van der Waals surface area contributed by atoms with Crippen LogP contribution in [0.3, 0.4) is 0 Å². The van der Waals surface area contributed by atoms with Gasteiger partial charge < -0.3 is 10.6 Å². The third-order valence-electron chi connectivity index (χ3n) is 7.92. The first-order valence-electron chi connectivity index (χ1n) is 15.0. The van der Waals surface area contributed by atoms with E-state index in [-0.39, 0.29) is 29.9 Å². The topological polar surface area (TPSA) is 172 Å². The molecule has 1 saturated heterocycles. The number of nitrogens with one attached hydrogen (secondary N) is 3. The number of carbonyl (C=O) groups excluding carboxylic acids is 4. The minimum atomic E-state index is -0.812. The number of nitrogens with zero attached hydrogens (tertiary/aromatic N) is 5. The molecule has 0 bridgehead atoms. The molecule has 12 nitrogen and oxygen atoms in total. The van der Waals surface area contributed by atoms with Gasteiger partial charge in [0.25, 0.3) is 5.91 Å². The lowest BCUT2D eigenvalue weighted by Gasteiger charge is -2.22. The number of anilines is 1. The van der Waals surface area contributed by atoms with Crippen LogP contribution in [0.1, 0.15) is 76.2 Å². The van der Waals surface area contributed by atoms with E-state index in [9.17, 15) is 24.4 Å². The summed E-state index contributed by atoms with van der Waals surface area (Å²) in [7, 11) is 0. The van der Waals surface area contributed by atoms with E-state index >= 15 is 0 Å². The van der Waals surface area contributed by atoms with E-state index in [4.69, 9.17) is 10.1 Å². The Morgan fingerprint density at radius 1 is 1.16 bits per heavy atom. The summed E-state index contributed by atoms with van der Waals surface area (Å²) in [5.74, 6) is -1.44. The second kappa shape index (κ2) is 13.9. The van der Waals surface area contributed by atoms with Crippen molar-refractivity contribution in [2.75, 3.05) is 11.9 Å². The van der Waals surface area contributed by atoms with Crippen LogP contribution in [-0.4, -0.2) is 56.3 Å². The standard InChI is InChI=1S/C33H34N8O4/c1-20-30(28-18-36-26-9-7-8-22(17-34)31(26)37-28)21(2)41(40-20)15-6-4-3-5-14-35-24-10-11-25(23(16-24)19-42)32(44)38-27-12-13-29(43)39-33(27)45/h7-11,16,18-19,27,35H,3-6,12-15H2,1-2H3,(H,38,44)(H,39,43,45). The van der Waals surface area contributed by atoms with E-state index in [1.165, 1.54) is 0 Å². The molecule has 3 N–H and O–H groups in total. The van der Waals surface area contributed by atoms with Gasteiger partial charge in [0.15, 0.2) is 6.29 Å². The van der Waals surface area contributed by atoms with Gasteiger partial charge in [-0.25, -0.2) is 4.98 Å². The second-order valence-electron chi connectivity index (χ2n) is 11.0. The molecule has 1 unspecified atom stereocenters. The molecule has 45 heavy (non-hydrogen) atoms. The number of imide groups is 1. The number of piperidine rings is 1. The fourth-order valence-electron chi connectivity index (χ4n) is 5.55. The zero-order valence-electron chi connectivity index (χ0n) is 25.2. The van der Waals surface area contributed by atoms with E-state index in [1.54, 1.807) is 36.5 Å². The Morgan fingerprint density at radius 3 is 2.76 bits per heavy atom. The van der Waals surface area contributed by atoms with Gasteiger partial charge in [-0.15, -0.1) is 0 Å². The number of carbonyl (C=O) groups is 4. The Balaban J connectivity index is 1.08. The average molecular weight is 607 g/mol. The summed E-state index contributed by atoms with van der Waals surface area (Å²) >= 11 is 0. The number of fused-ring (bicyclic) bond motifs is 1. The monoisotopic (exact) mass is 606 g/mol. The number of rotatable bonds is 12. The van der Waals surface area contributed by atoms with Crippen LogP contribution in [0.5, 0.6) is 0 Å². The summed E-state index contributed by atoms with van der Waals surface area (Å²) in [5, 5.41) is 22.3. The summed E-state index contributed by atoms with van der Waals surface area (Å²) in [5.41, 5.74) is 6.41. The summed E-state index contributed by atoms with van der Waals surface area (Å²) in [6, 6.07) is 11.7. The molecule has 0 radical (unpaired) electrons. The fourth-order valence-corrected chi connectivity index (χ4v) is 5.55. The van der Waals surface area contributed by atoms with Gasteiger partial charge in [-0.1, -0.05) is 18.9 Å². The van der Waals surface area contributed by atoms with Crippen molar-refractivity contribution in [1.82, 2.24) is 30.4 Å². The molecular weight excluding hydrogens is 572 g/mol. The van der Waals surface area contributed by atoms with Crippen LogP contribution in [0.2, 0.25) is 0 Å². The van der Waals surface area contributed by atoms with Gasteiger partial charge in [0, 0.05) is 47.6 Å². The second-order valence-corrected chi connectivity index (χ2v) is 11.0. The van der Waals surface area contributed by atoms with Gasteiger partial charge in [0.1, 0.15) is 17.6 Å². The maximum absolute atomic E-state index is 12.7. The number of unbranched alkanes of at least 4 members (excludes halogenated alkanes) is 3. The highest BCUT2D eigenvalue weighted by Crippen LogP contribution is 2.27. The maximum atomic E-state index is 12.7. The Morgan fingerprint density at radius 2 is 1.98 bits per heavy atom. The van der Waals surface area contributed by atoms with Gasteiger partial charge >= 0.3 is 0 Å². The number of aldehydes is 1. The predicted octanol–water partition coefficient (Wildman–Crippen LogP) is 4.00. The summed E-state index contributed by atoms with van der Waals surface area (Å²) in [6.07, 6.45) is 6.61. The first-order valence-corrected chi connectivity index (χ1v) is 15.0. The zero-order valence-corrected chi connectivity index (χ0v) is 25.2. The minimum absolute atomic E-state index is 0.150. The number of aromatic nitrogens is 4. The van der Waals surface area contributed by atoms with Crippen LogP contribution >= 0.6 is 0 Å². The highest BCUT2D eigenvalue weighted by Gasteiger charge is 2.28. The molecule has 1 aliphatic heterocycles. The van der Waals surface area contributed by atoms with Crippen molar-refractivity contribution >= 4 is 40.7 Å². The number of nitriles is 1. The Kier molecular flexibility index (Phi) is 9.57. The van der Waals surface area contributed by atoms with Gasteiger partial charge in [0.2, 0.25) is 11.8 Å². The van der Waals surface area contributed by atoms with Crippen LogP contribution in [0.4, 0.5) is 5.69 Å². The molecule has 0 aliphatic carbocycles. The van der Waals surface area contributed by atoms with Gasteiger partial charge in [-0.05, 0) is 63.4 Å². The first kappa shape index (κ1) is 31.0. The number of amides is 3. The van der Waals surface area contributed by atoms with Crippen LogP contribution in [-0.2, 0) is 16.1 Å². The van der Waals surface area contributed by atoms with E-state index < -0.39 is 17.9 Å². The van der Waals surface area contributed by atoms with E-state index in [2.05, 4.69) is 27.0 Å². The number of aryl methyl sites for hydroxylation is 2. The molecule has 1 atom stereocenters. The molecule has 0 saturated carbocycles. The van der Waals surface area contributed by atoms with Crippen molar-refractivity contribution in [1.29, 1.82) is 5.26 Å². The summed E-state index contributed by atoms with van der Waals surface area (Å²) in [6.45, 7) is 5.46. The van der Waals surface area contributed by atoms with Crippen molar-refractivity contribution in [2.24, 2.45) is 0 Å². The van der Waals surface area contributed by atoms with Crippen LogP contribution in [0.15, 0.2) is 42.6 Å². The van der Waals surface area contributed by atoms with Gasteiger partial charge in [-0.3, -0.25) is 34.2 Å². The molecule has 0 spiro atoms. The maximum Gasteiger partial charge on any atom is 0.252 e. The third-order valence-corrected chi connectivity index (χ3v) is 7.92. The molecule has 3 amide bonds. The molecule has 2 aromatic heterocycles. The number of hydrogen-bond donors (Lipinski definition) is 3. The quantitative estimate of drug-likeness (QED) is 0.122. The normalized spacial score (nSPS) is 14.6. The smallest absolute Gasteiger partial charge is 0.252 e. The van der Waals surface area contributed by atoms with Crippen molar-refractivity contribution in [3.8, 4) is 17.3 Å². The van der Waals surface area contributed by atoms with Crippen molar-refractivity contribution in [3.63, 3.8) is 0 Å². The van der Waals surface area contributed by atoms with E-state index in [1.807, 2.05) is 24.6 Å². The van der Waals surface area contributed by atoms with Crippen LogP contribution in [0, 0.1) is 25.2 Å². The van der Waals surface area contributed by atoms with Gasteiger partial charge in [-0.2, -0.15) is 10.4 Å². The summed E-state index contributed by atoms with van der Waals surface area (Å²) in [4.78, 5) is 57.0. The number of hydrogen-bond acceptors (Lipinski definition) is 9. The van der Waals surface area contributed by atoms with Crippen LogP contribution in [0.25, 0.3) is 22.3 Å². The Hall–Kier alpha value is -5.44. The molecule has 230 valence electrons. The minimum Gasteiger partial charge on any atom is -0.385 e.